The molecule has 1 heterocycles. The van der Waals surface area contributed by atoms with Gasteiger partial charge in [-0.3, -0.25) is 0 Å². The molecule has 19 heavy (non-hydrogen) atoms. The molecule has 0 fully saturated rings. The number of rotatable bonds is 0. The number of benzene rings is 2. The van der Waals surface area contributed by atoms with Gasteiger partial charge in [0.1, 0.15) is 0 Å². The second-order valence-electron chi connectivity index (χ2n) is 4.78. The summed E-state index contributed by atoms with van der Waals surface area (Å²) in [7, 11) is -3.49. The number of nitrogen functional groups attached to an aromatic ring is 2. The molecular formula is C14H14N2O2S. The molecule has 2 aromatic rings. The third-order valence-corrected chi connectivity index (χ3v) is 5.79. The number of hydrogen-bond acceptors (Lipinski definition) is 4. The standard InChI is InChI=1S/C14H14N2O2S/c1-7-8(2)14-11(13(16)12(7)15)9-5-3-4-6-10(9)19(14,17)18/h3-6H,15-16H2,1-2H3. The van der Waals surface area contributed by atoms with Crippen molar-refractivity contribution < 1.29 is 8.42 Å². The topological polar surface area (TPSA) is 86.2 Å². The summed E-state index contributed by atoms with van der Waals surface area (Å²) in [6.07, 6.45) is 0. The summed E-state index contributed by atoms with van der Waals surface area (Å²) in [6.45, 7) is 3.56. The molecule has 0 saturated carbocycles. The second-order valence-corrected chi connectivity index (χ2v) is 6.64. The van der Waals surface area contributed by atoms with Crippen LogP contribution in [0.5, 0.6) is 0 Å². The van der Waals surface area contributed by atoms with Gasteiger partial charge in [0.05, 0.1) is 21.2 Å². The van der Waals surface area contributed by atoms with Crippen molar-refractivity contribution in [3.05, 3.63) is 35.4 Å². The summed E-state index contributed by atoms with van der Waals surface area (Å²) in [6, 6.07) is 6.89. The van der Waals surface area contributed by atoms with Gasteiger partial charge in [-0.1, -0.05) is 18.2 Å². The molecule has 0 aromatic heterocycles. The summed E-state index contributed by atoms with van der Waals surface area (Å²) in [5, 5.41) is 0. The van der Waals surface area contributed by atoms with Crippen LogP contribution in [-0.2, 0) is 9.84 Å². The molecule has 0 spiro atoms. The van der Waals surface area contributed by atoms with Crippen LogP contribution in [0.1, 0.15) is 11.1 Å². The van der Waals surface area contributed by atoms with E-state index >= 15 is 0 Å². The maximum Gasteiger partial charge on any atom is 0.208 e. The predicted octanol–water partition coefficient (Wildman–Crippen LogP) is 2.28. The van der Waals surface area contributed by atoms with E-state index < -0.39 is 9.84 Å². The molecule has 0 unspecified atom stereocenters. The lowest BCUT2D eigenvalue weighted by atomic mass is 9.97. The van der Waals surface area contributed by atoms with E-state index in [1.807, 2.05) is 0 Å². The van der Waals surface area contributed by atoms with Gasteiger partial charge in [-0.15, -0.1) is 0 Å². The van der Waals surface area contributed by atoms with Gasteiger partial charge in [0.15, 0.2) is 0 Å². The minimum atomic E-state index is -3.49. The zero-order chi connectivity index (χ0) is 13.9. The first-order chi connectivity index (χ1) is 8.87. The van der Waals surface area contributed by atoms with Crippen LogP contribution in [-0.4, -0.2) is 8.42 Å². The molecule has 0 atom stereocenters. The molecule has 5 heteroatoms. The summed E-state index contributed by atoms with van der Waals surface area (Å²) >= 11 is 0. The van der Waals surface area contributed by atoms with Crippen molar-refractivity contribution in [3.8, 4) is 11.1 Å². The SMILES string of the molecule is Cc1c(C)c2c(c(N)c1N)-c1ccccc1S2(=O)=O. The third kappa shape index (κ3) is 1.30. The molecule has 1 aliphatic heterocycles. The van der Waals surface area contributed by atoms with Crippen molar-refractivity contribution in [2.75, 3.05) is 11.5 Å². The maximum atomic E-state index is 12.6. The number of hydrogen-bond donors (Lipinski definition) is 2. The van der Waals surface area contributed by atoms with E-state index in [1.54, 1.807) is 38.1 Å². The molecule has 3 rings (SSSR count). The monoisotopic (exact) mass is 274 g/mol. The Balaban J connectivity index is 2.61. The zero-order valence-corrected chi connectivity index (χ0v) is 11.5. The first-order valence-corrected chi connectivity index (χ1v) is 7.38. The Hall–Kier alpha value is -2.01. The third-order valence-electron chi connectivity index (χ3n) is 3.81. The Labute approximate surface area is 112 Å². The average molecular weight is 274 g/mol. The fraction of sp³-hybridized carbons (Fsp3) is 0.143. The van der Waals surface area contributed by atoms with Gasteiger partial charge in [0.25, 0.3) is 0 Å². The molecule has 0 radical (unpaired) electrons. The van der Waals surface area contributed by atoms with E-state index in [-0.39, 0.29) is 0 Å². The van der Waals surface area contributed by atoms with Crippen LogP contribution in [0, 0.1) is 13.8 Å². The van der Waals surface area contributed by atoms with Crippen LogP contribution in [0.3, 0.4) is 0 Å². The van der Waals surface area contributed by atoms with Crippen LogP contribution < -0.4 is 11.5 Å². The Morgan fingerprint density at radius 1 is 0.947 bits per heavy atom. The van der Waals surface area contributed by atoms with Gasteiger partial charge in [-0.25, -0.2) is 8.42 Å². The molecule has 0 amide bonds. The van der Waals surface area contributed by atoms with Crippen molar-refractivity contribution in [3.63, 3.8) is 0 Å². The van der Waals surface area contributed by atoms with Crippen molar-refractivity contribution in [1.29, 1.82) is 0 Å². The first kappa shape index (κ1) is 12.0. The molecule has 1 aliphatic rings. The van der Waals surface area contributed by atoms with Crippen LogP contribution in [0.25, 0.3) is 11.1 Å². The Kier molecular flexibility index (Phi) is 2.23. The second kappa shape index (κ2) is 3.51. The van der Waals surface area contributed by atoms with E-state index in [0.29, 0.717) is 37.9 Å². The summed E-state index contributed by atoms with van der Waals surface area (Å²) in [5.41, 5.74) is 15.4. The van der Waals surface area contributed by atoms with E-state index in [2.05, 4.69) is 0 Å². The van der Waals surface area contributed by atoms with Gasteiger partial charge >= 0.3 is 0 Å². The number of fused-ring (bicyclic) bond motifs is 3. The molecule has 98 valence electrons. The van der Waals surface area contributed by atoms with Crippen molar-refractivity contribution in [2.24, 2.45) is 0 Å². The van der Waals surface area contributed by atoms with Crippen LogP contribution in [0.15, 0.2) is 34.1 Å². The smallest absolute Gasteiger partial charge is 0.208 e. The Morgan fingerprint density at radius 3 is 2.26 bits per heavy atom. The minimum absolute atomic E-state index is 0.304. The van der Waals surface area contributed by atoms with Gasteiger partial charge in [-0.05, 0) is 31.0 Å². The van der Waals surface area contributed by atoms with Crippen LogP contribution >= 0.6 is 0 Å². The molecule has 0 aliphatic carbocycles. The minimum Gasteiger partial charge on any atom is -0.397 e. The van der Waals surface area contributed by atoms with E-state index in [1.165, 1.54) is 0 Å². The maximum absolute atomic E-state index is 12.6. The van der Waals surface area contributed by atoms with Crippen molar-refractivity contribution in [2.45, 2.75) is 23.6 Å². The zero-order valence-electron chi connectivity index (χ0n) is 10.7. The lowest BCUT2D eigenvalue weighted by molar-refractivity contribution is 0.598. The van der Waals surface area contributed by atoms with Crippen LogP contribution in [0.4, 0.5) is 11.4 Å². The van der Waals surface area contributed by atoms with Gasteiger partial charge in [0.2, 0.25) is 9.84 Å². The molecule has 0 bridgehead atoms. The van der Waals surface area contributed by atoms with Crippen molar-refractivity contribution >= 4 is 21.2 Å². The van der Waals surface area contributed by atoms with Gasteiger partial charge < -0.3 is 11.5 Å². The highest BCUT2D eigenvalue weighted by Gasteiger charge is 2.37. The summed E-state index contributed by atoms with van der Waals surface area (Å²) in [5.74, 6) is 0. The van der Waals surface area contributed by atoms with E-state index in [0.717, 1.165) is 5.56 Å². The highest BCUT2D eigenvalue weighted by Crippen LogP contribution is 2.50. The Bertz CT molecular complexity index is 824. The number of anilines is 2. The van der Waals surface area contributed by atoms with Gasteiger partial charge in [-0.2, -0.15) is 0 Å². The van der Waals surface area contributed by atoms with E-state index in [4.69, 9.17) is 11.5 Å². The normalized spacial score (nSPS) is 15.1. The Morgan fingerprint density at radius 2 is 1.58 bits per heavy atom. The molecular weight excluding hydrogens is 260 g/mol. The summed E-state index contributed by atoms with van der Waals surface area (Å²) in [4.78, 5) is 0.614. The molecule has 0 saturated heterocycles. The molecule has 4 nitrogen and oxygen atoms in total. The van der Waals surface area contributed by atoms with E-state index in [9.17, 15) is 8.42 Å². The first-order valence-electron chi connectivity index (χ1n) is 5.90. The molecule has 4 N–H and O–H groups in total. The average Bonchev–Trinajstić information content (AvgIpc) is 2.63. The largest absolute Gasteiger partial charge is 0.397 e. The van der Waals surface area contributed by atoms with Crippen LogP contribution in [0.2, 0.25) is 0 Å². The van der Waals surface area contributed by atoms with Crippen molar-refractivity contribution in [1.82, 2.24) is 0 Å². The summed E-state index contributed by atoms with van der Waals surface area (Å²) < 4.78 is 25.2. The molecule has 2 aromatic carbocycles. The fourth-order valence-corrected chi connectivity index (χ4v) is 4.62. The number of sulfone groups is 1. The predicted molar refractivity (Wildman–Crippen MR) is 75.6 cm³/mol. The highest BCUT2D eigenvalue weighted by molar-refractivity contribution is 7.92. The van der Waals surface area contributed by atoms with Gasteiger partial charge in [0, 0.05) is 11.1 Å². The lowest BCUT2D eigenvalue weighted by Gasteiger charge is -2.14. The highest BCUT2D eigenvalue weighted by atomic mass is 32.2. The quantitative estimate of drug-likeness (QED) is 0.616. The lowest BCUT2D eigenvalue weighted by Crippen LogP contribution is -2.06. The fourth-order valence-electron chi connectivity index (χ4n) is 2.64. The number of nitrogens with two attached hydrogens (primary N) is 2.